The summed E-state index contributed by atoms with van der Waals surface area (Å²) < 4.78 is 0. The molecule has 1 rings (SSSR count). The molecule has 0 bridgehead atoms. The Labute approximate surface area is 102 Å². The van der Waals surface area contributed by atoms with Gasteiger partial charge in [0.1, 0.15) is 0 Å². The van der Waals surface area contributed by atoms with Crippen molar-refractivity contribution in [2.75, 3.05) is 6.54 Å². The fourth-order valence-electron chi connectivity index (χ4n) is 2.27. The van der Waals surface area contributed by atoms with Gasteiger partial charge in [0.25, 0.3) is 0 Å². The molecule has 4 unspecified atom stereocenters. The van der Waals surface area contributed by atoms with Crippen molar-refractivity contribution in [3.63, 3.8) is 0 Å². The summed E-state index contributed by atoms with van der Waals surface area (Å²) in [5.41, 5.74) is 5.90. The number of rotatable bonds is 4. The quantitative estimate of drug-likeness (QED) is 0.759. The second-order valence-corrected chi connectivity index (χ2v) is 4.92. The fourth-order valence-corrected chi connectivity index (χ4v) is 2.27. The van der Waals surface area contributed by atoms with Crippen LogP contribution in [0.3, 0.4) is 0 Å². The van der Waals surface area contributed by atoms with Gasteiger partial charge in [-0.3, -0.25) is 9.59 Å². The Balaban J connectivity index is 2.69. The van der Waals surface area contributed by atoms with Crippen LogP contribution in [0.25, 0.3) is 0 Å². The molecular weight excluding hydrogens is 220 g/mol. The fraction of sp³-hybridized carbons (Fsp3) is 0.833. The summed E-state index contributed by atoms with van der Waals surface area (Å²) in [5.74, 6) is -1.28. The van der Waals surface area contributed by atoms with Gasteiger partial charge in [-0.15, -0.1) is 0 Å². The van der Waals surface area contributed by atoms with E-state index in [-0.39, 0.29) is 17.9 Å². The molecule has 0 aromatic carbocycles. The number of nitrogens with two attached hydrogens (primary N) is 1. The van der Waals surface area contributed by atoms with Crippen LogP contribution in [0.1, 0.15) is 33.6 Å². The van der Waals surface area contributed by atoms with E-state index >= 15 is 0 Å². The van der Waals surface area contributed by atoms with Crippen molar-refractivity contribution in [1.29, 1.82) is 0 Å². The first-order valence-corrected chi connectivity index (χ1v) is 6.19. The molecule has 1 fully saturated rings. The van der Waals surface area contributed by atoms with Crippen LogP contribution in [-0.4, -0.2) is 40.5 Å². The van der Waals surface area contributed by atoms with Crippen LogP contribution in [0.4, 0.5) is 0 Å². The predicted octanol–water partition coefficient (Wildman–Crippen LogP) is 0.681. The summed E-state index contributed by atoms with van der Waals surface area (Å²) >= 11 is 0. The van der Waals surface area contributed by atoms with Gasteiger partial charge in [0.15, 0.2) is 0 Å². The molecule has 5 heteroatoms. The lowest BCUT2D eigenvalue weighted by Gasteiger charge is -2.28. The molecule has 1 aliphatic rings. The molecule has 0 spiro atoms. The van der Waals surface area contributed by atoms with Gasteiger partial charge in [0.2, 0.25) is 5.91 Å². The second-order valence-electron chi connectivity index (χ2n) is 4.92. The van der Waals surface area contributed by atoms with Crippen LogP contribution >= 0.6 is 0 Å². The number of amides is 1. The number of carbonyl (C=O) groups is 2. The summed E-state index contributed by atoms with van der Waals surface area (Å²) in [6, 6.07) is -0.773. The van der Waals surface area contributed by atoms with Gasteiger partial charge in [0.05, 0.1) is 12.0 Å². The lowest BCUT2D eigenvalue weighted by atomic mass is 9.98. The van der Waals surface area contributed by atoms with Crippen molar-refractivity contribution in [2.45, 2.75) is 45.7 Å². The van der Waals surface area contributed by atoms with E-state index < -0.39 is 17.9 Å². The van der Waals surface area contributed by atoms with Gasteiger partial charge < -0.3 is 15.7 Å². The lowest BCUT2D eigenvalue weighted by Crippen LogP contribution is -2.49. The maximum atomic E-state index is 12.1. The van der Waals surface area contributed by atoms with E-state index in [0.717, 1.165) is 6.42 Å². The average Bonchev–Trinajstić information content (AvgIpc) is 2.68. The predicted molar refractivity (Wildman–Crippen MR) is 64.3 cm³/mol. The molecule has 0 aliphatic carbocycles. The van der Waals surface area contributed by atoms with Crippen molar-refractivity contribution in [3.8, 4) is 0 Å². The Hall–Kier alpha value is -1.10. The molecule has 4 atom stereocenters. The maximum absolute atomic E-state index is 12.1. The molecule has 1 saturated heterocycles. The first kappa shape index (κ1) is 14.0. The number of hydrogen-bond acceptors (Lipinski definition) is 3. The smallest absolute Gasteiger partial charge is 0.308 e. The van der Waals surface area contributed by atoms with Gasteiger partial charge in [0, 0.05) is 12.6 Å². The molecule has 0 saturated carbocycles. The third-order valence-electron chi connectivity index (χ3n) is 3.90. The molecule has 5 nitrogen and oxygen atoms in total. The standard InChI is InChI=1S/C12H22N2O3/c1-4-7(2)10(13)11(15)14-6-5-9(8(14)3)12(16)17/h7-10H,4-6,13H2,1-3H3,(H,16,17). The number of nitrogens with zero attached hydrogens (tertiary/aromatic N) is 1. The highest BCUT2D eigenvalue weighted by molar-refractivity contribution is 5.84. The van der Waals surface area contributed by atoms with Crippen LogP contribution in [0.5, 0.6) is 0 Å². The summed E-state index contributed by atoms with van der Waals surface area (Å²) in [4.78, 5) is 24.7. The first-order valence-electron chi connectivity index (χ1n) is 6.19. The van der Waals surface area contributed by atoms with E-state index in [2.05, 4.69) is 0 Å². The molecule has 1 amide bonds. The zero-order chi connectivity index (χ0) is 13.2. The first-order chi connectivity index (χ1) is 7.90. The number of carbonyl (C=O) groups excluding carboxylic acids is 1. The number of carboxylic acids is 1. The van der Waals surface area contributed by atoms with Crippen molar-refractivity contribution >= 4 is 11.9 Å². The highest BCUT2D eigenvalue weighted by Gasteiger charge is 2.40. The van der Waals surface area contributed by atoms with Crippen molar-refractivity contribution < 1.29 is 14.7 Å². The molecule has 0 aromatic rings. The molecular formula is C12H22N2O3. The summed E-state index contributed by atoms with van der Waals surface area (Å²) in [6.07, 6.45) is 1.37. The third-order valence-corrected chi connectivity index (χ3v) is 3.90. The molecule has 17 heavy (non-hydrogen) atoms. The van der Waals surface area contributed by atoms with Crippen LogP contribution in [0, 0.1) is 11.8 Å². The molecule has 3 N–H and O–H groups in total. The van der Waals surface area contributed by atoms with E-state index in [1.54, 1.807) is 11.8 Å². The highest BCUT2D eigenvalue weighted by atomic mass is 16.4. The van der Waals surface area contributed by atoms with E-state index in [1.165, 1.54) is 0 Å². The topological polar surface area (TPSA) is 83.6 Å². The number of hydrogen-bond donors (Lipinski definition) is 2. The van der Waals surface area contributed by atoms with Gasteiger partial charge >= 0.3 is 5.97 Å². The molecule has 0 radical (unpaired) electrons. The van der Waals surface area contributed by atoms with Gasteiger partial charge in [-0.05, 0) is 19.3 Å². The molecule has 0 aromatic heterocycles. The zero-order valence-electron chi connectivity index (χ0n) is 10.7. The molecule has 1 aliphatic heterocycles. The van der Waals surface area contributed by atoms with E-state index in [4.69, 9.17) is 10.8 Å². The van der Waals surface area contributed by atoms with Crippen LogP contribution in [0.2, 0.25) is 0 Å². The Kier molecular flexibility index (Phi) is 4.51. The lowest BCUT2D eigenvalue weighted by molar-refractivity contribution is -0.143. The monoisotopic (exact) mass is 242 g/mol. The number of aliphatic carboxylic acids is 1. The number of carboxylic acid groups (broad SMARTS) is 1. The minimum atomic E-state index is -0.829. The van der Waals surface area contributed by atoms with Crippen molar-refractivity contribution in [3.05, 3.63) is 0 Å². The molecule has 98 valence electrons. The highest BCUT2D eigenvalue weighted by Crippen LogP contribution is 2.25. The van der Waals surface area contributed by atoms with Crippen LogP contribution in [0.15, 0.2) is 0 Å². The van der Waals surface area contributed by atoms with Crippen LogP contribution < -0.4 is 5.73 Å². The van der Waals surface area contributed by atoms with E-state index in [1.807, 2.05) is 13.8 Å². The van der Waals surface area contributed by atoms with Gasteiger partial charge in [-0.2, -0.15) is 0 Å². The Morgan fingerprint density at radius 1 is 1.53 bits per heavy atom. The van der Waals surface area contributed by atoms with E-state index in [9.17, 15) is 9.59 Å². The van der Waals surface area contributed by atoms with Crippen LogP contribution in [-0.2, 0) is 9.59 Å². The largest absolute Gasteiger partial charge is 0.481 e. The van der Waals surface area contributed by atoms with Crippen molar-refractivity contribution in [2.24, 2.45) is 17.6 Å². The minimum Gasteiger partial charge on any atom is -0.481 e. The summed E-state index contributed by atoms with van der Waals surface area (Å²) in [6.45, 7) is 6.22. The second kappa shape index (κ2) is 5.49. The SMILES string of the molecule is CCC(C)C(N)C(=O)N1CCC(C(=O)O)C1C. The normalized spacial score (nSPS) is 27.9. The summed E-state index contributed by atoms with van der Waals surface area (Å²) in [5, 5.41) is 9.01. The maximum Gasteiger partial charge on any atom is 0.308 e. The summed E-state index contributed by atoms with van der Waals surface area (Å²) in [7, 11) is 0. The Morgan fingerprint density at radius 3 is 2.53 bits per heavy atom. The minimum absolute atomic E-state index is 0.115. The third kappa shape index (κ3) is 2.77. The van der Waals surface area contributed by atoms with Gasteiger partial charge in [-0.1, -0.05) is 20.3 Å². The zero-order valence-corrected chi connectivity index (χ0v) is 10.7. The van der Waals surface area contributed by atoms with Gasteiger partial charge in [-0.25, -0.2) is 0 Å². The Morgan fingerprint density at radius 2 is 2.12 bits per heavy atom. The van der Waals surface area contributed by atoms with E-state index in [0.29, 0.717) is 13.0 Å². The van der Waals surface area contributed by atoms with Crippen molar-refractivity contribution in [1.82, 2.24) is 4.90 Å². The average molecular weight is 242 g/mol. The Bertz CT molecular complexity index is 306. The number of likely N-dealkylation sites (tertiary alicyclic amines) is 1. The molecule has 1 heterocycles.